The van der Waals surface area contributed by atoms with Gasteiger partial charge in [0.25, 0.3) is 5.91 Å². The van der Waals surface area contributed by atoms with Crippen molar-refractivity contribution in [3.8, 4) is 0 Å². The summed E-state index contributed by atoms with van der Waals surface area (Å²) in [5.74, 6) is 0.0819. The lowest BCUT2D eigenvalue weighted by atomic mass is 10.2. The molecule has 0 aromatic carbocycles. The molecule has 72 valence electrons. The quantitative estimate of drug-likeness (QED) is 0.680. The molecule has 5 heteroatoms. The molecule has 0 saturated carbocycles. The van der Waals surface area contributed by atoms with Gasteiger partial charge < -0.3 is 0 Å². The Balaban J connectivity index is 2.34. The molecule has 2 amide bonds. The first-order valence-electron chi connectivity index (χ1n) is 4.22. The number of fused-ring (bicyclic) bond motifs is 1. The maximum absolute atomic E-state index is 11.4. The molecule has 1 aliphatic rings. The van der Waals surface area contributed by atoms with Gasteiger partial charge in [0.05, 0.1) is 6.42 Å². The molecule has 1 aromatic rings. The Morgan fingerprint density at radius 1 is 1.64 bits per heavy atom. The smallest absolute Gasteiger partial charge is 0.251 e. The van der Waals surface area contributed by atoms with E-state index in [0.717, 1.165) is 5.56 Å². The van der Waals surface area contributed by atoms with Crippen LogP contribution in [0.4, 0.5) is 5.82 Å². The van der Waals surface area contributed by atoms with Crippen molar-refractivity contribution >= 4 is 17.6 Å². The Morgan fingerprint density at radius 2 is 2.43 bits per heavy atom. The maximum atomic E-state index is 11.4. The first kappa shape index (κ1) is 8.68. The Labute approximate surface area is 80.7 Å². The van der Waals surface area contributed by atoms with Crippen LogP contribution >= 0.6 is 0 Å². The second-order valence-corrected chi connectivity index (χ2v) is 3.06. The van der Waals surface area contributed by atoms with Gasteiger partial charge in [0.15, 0.2) is 5.82 Å². The minimum atomic E-state index is -0.281. The van der Waals surface area contributed by atoms with Crippen LogP contribution in [0.1, 0.15) is 12.5 Å². The second-order valence-electron chi connectivity index (χ2n) is 3.06. The van der Waals surface area contributed by atoms with Gasteiger partial charge in [-0.05, 0) is 6.07 Å². The predicted molar refractivity (Wildman–Crippen MR) is 49.2 cm³/mol. The van der Waals surface area contributed by atoms with Gasteiger partial charge in [-0.2, -0.15) is 0 Å². The molecular weight excluding hydrogens is 182 g/mol. The number of nitrogens with one attached hydrogen (secondary N) is 1. The minimum absolute atomic E-state index is 0.158. The number of aromatic nitrogens is 1. The number of hydrogen-bond acceptors (Lipinski definition) is 3. The first-order chi connectivity index (χ1) is 6.68. The van der Waals surface area contributed by atoms with Crippen LogP contribution in [0.5, 0.6) is 0 Å². The standard InChI is InChI=1S/C9H9N3O2/c1-6(13)11-12-8(14)5-7-3-2-4-10-9(7)12/h2-4H,5H2,1H3,(H,11,13). The molecule has 0 unspecified atom stereocenters. The number of pyridine rings is 1. The van der Waals surface area contributed by atoms with E-state index in [1.54, 1.807) is 12.3 Å². The van der Waals surface area contributed by atoms with Crippen molar-refractivity contribution in [2.24, 2.45) is 0 Å². The average molecular weight is 191 g/mol. The molecule has 1 aliphatic heterocycles. The van der Waals surface area contributed by atoms with Crippen molar-refractivity contribution in [3.63, 3.8) is 0 Å². The van der Waals surface area contributed by atoms with Gasteiger partial charge in [0, 0.05) is 18.7 Å². The maximum Gasteiger partial charge on any atom is 0.251 e. The zero-order chi connectivity index (χ0) is 10.1. The summed E-state index contributed by atoms with van der Waals surface area (Å²) in [6.07, 6.45) is 1.88. The fourth-order valence-corrected chi connectivity index (χ4v) is 1.40. The highest BCUT2D eigenvalue weighted by atomic mass is 16.2. The monoisotopic (exact) mass is 191 g/mol. The average Bonchev–Trinajstić information content (AvgIpc) is 2.43. The summed E-state index contributed by atoms with van der Waals surface area (Å²) in [5, 5.41) is 1.19. The van der Waals surface area contributed by atoms with Crippen molar-refractivity contribution < 1.29 is 9.59 Å². The fourth-order valence-electron chi connectivity index (χ4n) is 1.40. The summed E-state index contributed by atoms with van der Waals surface area (Å²) < 4.78 is 0. The molecular formula is C9H9N3O2. The zero-order valence-electron chi connectivity index (χ0n) is 7.65. The molecule has 0 fully saturated rings. The first-order valence-corrected chi connectivity index (χ1v) is 4.22. The van der Waals surface area contributed by atoms with Gasteiger partial charge in [-0.15, -0.1) is 0 Å². The van der Waals surface area contributed by atoms with E-state index in [1.165, 1.54) is 11.9 Å². The van der Waals surface area contributed by atoms with Crippen LogP contribution < -0.4 is 10.4 Å². The lowest BCUT2D eigenvalue weighted by molar-refractivity contribution is -0.124. The van der Waals surface area contributed by atoms with Crippen LogP contribution in [0.3, 0.4) is 0 Å². The molecule has 0 aliphatic carbocycles. The number of hydrazine groups is 1. The van der Waals surface area contributed by atoms with E-state index < -0.39 is 0 Å². The van der Waals surface area contributed by atoms with Crippen LogP contribution in [-0.4, -0.2) is 16.8 Å². The third-order valence-electron chi connectivity index (χ3n) is 1.94. The Hall–Kier alpha value is -1.91. The summed E-state index contributed by atoms with van der Waals surface area (Å²) in [7, 11) is 0. The minimum Gasteiger partial charge on any atom is -0.274 e. The molecule has 0 atom stereocenters. The molecule has 0 bridgehead atoms. The van der Waals surface area contributed by atoms with Crippen LogP contribution in [0.2, 0.25) is 0 Å². The third kappa shape index (κ3) is 1.32. The molecule has 14 heavy (non-hydrogen) atoms. The molecule has 5 nitrogen and oxygen atoms in total. The van der Waals surface area contributed by atoms with Crippen molar-refractivity contribution in [1.29, 1.82) is 0 Å². The number of carbonyl (C=O) groups is 2. The largest absolute Gasteiger partial charge is 0.274 e. The van der Waals surface area contributed by atoms with Gasteiger partial charge in [0.2, 0.25) is 5.91 Å². The van der Waals surface area contributed by atoms with E-state index in [2.05, 4.69) is 10.4 Å². The van der Waals surface area contributed by atoms with E-state index in [4.69, 9.17) is 0 Å². The number of hydrogen-bond donors (Lipinski definition) is 1. The van der Waals surface area contributed by atoms with Crippen molar-refractivity contribution in [3.05, 3.63) is 23.9 Å². The Morgan fingerprint density at radius 3 is 3.14 bits per heavy atom. The van der Waals surface area contributed by atoms with E-state index in [0.29, 0.717) is 12.2 Å². The van der Waals surface area contributed by atoms with Gasteiger partial charge in [-0.25, -0.2) is 9.99 Å². The Kier molecular flexibility index (Phi) is 1.92. The highest BCUT2D eigenvalue weighted by Crippen LogP contribution is 2.23. The highest BCUT2D eigenvalue weighted by Gasteiger charge is 2.28. The summed E-state index contributed by atoms with van der Waals surface area (Å²) in [5.41, 5.74) is 3.27. The van der Waals surface area contributed by atoms with Crippen molar-refractivity contribution in [1.82, 2.24) is 10.4 Å². The van der Waals surface area contributed by atoms with Crippen LogP contribution in [0.15, 0.2) is 18.3 Å². The number of anilines is 1. The number of amides is 2. The lowest BCUT2D eigenvalue weighted by Gasteiger charge is -2.15. The molecule has 1 aromatic heterocycles. The van der Waals surface area contributed by atoms with Gasteiger partial charge in [0.1, 0.15) is 0 Å². The summed E-state index contributed by atoms with van der Waals surface area (Å²) in [4.78, 5) is 26.3. The van der Waals surface area contributed by atoms with E-state index in [-0.39, 0.29) is 11.8 Å². The Bertz CT molecular complexity index is 403. The molecule has 2 heterocycles. The van der Waals surface area contributed by atoms with Crippen LogP contribution in [-0.2, 0) is 16.0 Å². The SMILES string of the molecule is CC(=O)NN1C(=O)Cc2cccnc21. The normalized spacial score (nSPS) is 14.1. The number of rotatable bonds is 1. The molecule has 2 rings (SSSR count). The molecule has 0 spiro atoms. The van der Waals surface area contributed by atoms with E-state index >= 15 is 0 Å². The predicted octanol–water partition coefficient (Wildman–Crippen LogP) is 0.0218. The zero-order valence-corrected chi connectivity index (χ0v) is 7.65. The van der Waals surface area contributed by atoms with Crippen molar-refractivity contribution in [2.75, 3.05) is 5.01 Å². The van der Waals surface area contributed by atoms with E-state index in [1.807, 2.05) is 6.07 Å². The van der Waals surface area contributed by atoms with Crippen LogP contribution in [0, 0.1) is 0 Å². The number of nitrogens with zero attached hydrogens (tertiary/aromatic N) is 2. The van der Waals surface area contributed by atoms with Gasteiger partial charge in [-0.1, -0.05) is 6.07 Å². The lowest BCUT2D eigenvalue weighted by Crippen LogP contribution is -2.43. The van der Waals surface area contributed by atoms with Gasteiger partial charge in [-0.3, -0.25) is 15.0 Å². The summed E-state index contributed by atoms with van der Waals surface area (Å²) in [6, 6.07) is 3.59. The molecule has 1 N–H and O–H groups in total. The van der Waals surface area contributed by atoms with E-state index in [9.17, 15) is 9.59 Å². The highest BCUT2D eigenvalue weighted by molar-refractivity contribution is 6.01. The van der Waals surface area contributed by atoms with Gasteiger partial charge >= 0.3 is 0 Å². The fraction of sp³-hybridized carbons (Fsp3) is 0.222. The third-order valence-corrected chi connectivity index (χ3v) is 1.94. The summed E-state index contributed by atoms with van der Waals surface area (Å²) >= 11 is 0. The second kappa shape index (κ2) is 3.10. The van der Waals surface area contributed by atoms with Crippen molar-refractivity contribution in [2.45, 2.75) is 13.3 Å². The number of carbonyl (C=O) groups excluding carboxylic acids is 2. The van der Waals surface area contributed by atoms with Crippen LogP contribution in [0.25, 0.3) is 0 Å². The topological polar surface area (TPSA) is 62.3 Å². The summed E-state index contributed by atoms with van der Waals surface area (Å²) in [6.45, 7) is 1.36. The molecule has 0 radical (unpaired) electrons. The molecule has 0 saturated heterocycles.